The van der Waals surface area contributed by atoms with Gasteiger partial charge in [-0.15, -0.1) is 10.2 Å². The zero-order valence-corrected chi connectivity index (χ0v) is 14.1. The fraction of sp³-hybridized carbons (Fsp3) is 0.417. The molecule has 0 unspecified atom stereocenters. The number of thioether (sulfide) groups is 1. The smallest absolute Gasteiger partial charge is 0.332 e. The number of ketones is 1. The van der Waals surface area contributed by atoms with Gasteiger partial charge < -0.3 is 5.73 Å². The van der Waals surface area contributed by atoms with E-state index in [1.807, 2.05) is 6.92 Å². The van der Waals surface area contributed by atoms with Gasteiger partial charge in [0.2, 0.25) is 0 Å². The van der Waals surface area contributed by atoms with Crippen LogP contribution in [0.25, 0.3) is 0 Å². The molecule has 2 N–H and O–H groups in total. The van der Waals surface area contributed by atoms with E-state index in [1.54, 1.807) is 6.92 Å². The summed E-state index contributed by atoms with van der Waals surface area (Å²) < 4.78 is 2.59. The molecule has 0 saturated heterocycles. The van der Waals surface area contributed by atoms with Crippen molar-refractivity contribution in [1.82, 2.24) is 19.3 Å². The molecular formula is C12H15N5O3S2. The second-order valence-electron chi connectivity index (χ2n) is 4.68. The molecule has 0 radical (unpaired) electrons. The molecule has 8 nitrogen and oxygen atoms in total. The minimum absolute atomic E-state index is 0.126. The number of nitrogen functional groups attached to an aromatic ring is 1. The Morgan fingerprint density at radius 1 is 1.27 bits per heavy atom. The van der Waals surface area contributed by atoms with Gasteiger partial charge in [0, 0.05) is 14.1 Å². The standard InChI is InChI=1S/C12H15N5O3S2/c1-5(21-11-15-14-6(2)22-11)8(18)7-9(13)16(3)12(20)17(4)10(7)19/h5H,13H2,1-4H3/t5-/m0/s1. The summed E-state index contributed by atoms with van der Waals surface area (Å²) in [6.07, 6.45) is 0. The van der Waals surface area contributed by atoms with E-state index in [4.69, 9.17) is 5.73 Å². The minimum atomic E-state index is -0.688. The Bertz CT molecular complexity index is 851. The lowest BCUT2D eigenvalue weighted by molar-refractivity contribution is 0.0992. The minimum Gasteiger partial charge on any atom is -0.384 e. The Hall–Kier alpha value is -1.94. The first kappa shape index (κ1) is 16.4. The summed E-state index contributed by atoms with van der Waals surface area (Å²) in [5, 5.41) is 8.03. The molecule has 2 heterocycles. The zero-order valence-electron chi connectivity index (χ0n) is 12.5. The lowest BCUT2D eigenvalue weighted by Gasteiger charge is -2.13. The number of anilines is 1. The van der Waals surface area contributed by atoms with Crippen molar-refractivity contribution in [3.63, 3.8) is 0 Å². The normalized spacial score (nSPS) is 12.4. The molecule has 2 aromatic heterocycles. The van der Waals surface area contributed by atoms with E-state index in [9.17, 15) is 14.4 Å². The monoisotopic (exact) mass is 341 g/mol. The van der Waals surface area contributed by atoms with E-state index in [0.29, 0.717) is 4.34 Å². The molecule has 0 aromatic carbocycles. The van der Waals surface area contributed by atoms with E-state index < -0.39 is 22.3 Å². The lowest BCUT2D eigenvalue weighted by Crippen LogP contribution is -2.42. The van der Waals surface area contributed by atoms with E-state index in [-0.39, 0.29) is 11.4 Å². The molecule has 0 spiro atoms. The maximum absolute atomic E-state index is 12.5. The molecule has 0 aliphatic carbocycles. The number of nitrogens with zero attached hydrogens (tertiary/aromatic N) is 4. The molecule has 0 saturated carbocycles. The van der Waals surface area contributed by atoms with E-state index in [1.165, 1.54) is 37.2 Å². The Morgan fingerprint density at radius 3 is 2.45 bits per heavy atom. The second-order valence-corrected chi connectivity index (χ2v) is 7.45. The van der Waals surface area contributed by atoms with Crippen LogP contribution in [0.4, 0.5) is 5.82 Å². The van der Waals surface area contributed by atoms with Gasteiger partial charge in [0.25, 0.3) is 5.56 Å². The number of aromatic nitrogens is 4. The maximum Gasteiger partial charge on any atom is 0.332 e. The molecule has 0 bridgehead atoms. The van der Waals surface area contributed by atoms with Crippen LogP contribution in [-0.2, 0) is 14.1 Å². The number of carbonyl (C=O) groups is 1. The highest BCUT2D eigenvalue weighted by Gasteiger charge is 2.26. The van der Waals surface area contributed by atoms with Crippen LogP contribution >= 0.6 is 23.1 Å². The van der Waals surface area contributed by atoms with Gasteiger partial charge in [-0.2, -0.15) is 0 Å². The highest BCUT2D eigenvalue weighted by atomic mass is 32.2. The number of nitrogens with two attached hydrogens (primary N) is 1. The van der Waals surface area contributed by atoms with Gasteiger partial charge in [-0.05, 0) is 13.8 Å². The summed E-state index contributed by atoms with van der Waals surface area (Å²) in [6, 6.07) is 0. The predicted octanol–water partition coefficient (Wildman–Crippen LogP) is 0.190. The molecule has 2 aromatic rings. The predicted molar refractivity (Wildman–Crippen MR) is 85.6 cm³/mol. The van der Waals surface area contributed by atoms with Crippen molar-refractivity contribution in [3.8, 4) is 0 Å². The third kappa shape index (κ3) is 2.83. The Morgan fingerprint density at radius 2 is 1.91 bits per heavy atom. The Balaban J connectivity index is 2.41. The number of hydrogen-bond acceptors (Lipinski definition) is 8. The zero-order chi connectivity index (χ0) is 16.6. The van der Waals surface area contributed by atoms with Crippen molar-refractivity contribution in [2.75, 3.05) is 5.73 Å². The Labute approximate surface area is 134 Å². The average Bonchev–Trinajstić information content (AvgIpc) is 2.88. The van der Waals surface area contributed by atoms with Crippen LogP contribution in [0.1, 0.15) is 22.3 Å². The van der Waals surface area contributed by atoms with Crippen LogP contribution in [0, 0.1) is 6.92 Å². The molecule has 0 aliphatic heterocycles. The SMILES string of the molecule is Cc1nnc(S[C@@H](C)C(=O)c2c(N)n(C)c(=O)n(C)c2=O)s1. The van der Waals surface area contributed by atoms with Gasteiger partial charge in [-0.3, -0.25) is 18.7 Å². The first-order valence-electron chi connectivity index (χ1n) is 6.30. The molecule has 10 heteroatoms. The molecule has 0 amide bonds. The molecule has 22 heavy (non-hydrogen) atoms. The highest BCUT2D eigenvalue weighted by molar-refractivity contribution is 8.02. The number of hydrogen-bond donors (Lipinski definition) is 1. The highest BCUT2D eigenvalue weighted by Crippen LogP contribution is 2.28. The molecule has 118 valence electrons. The van der Waals surface area contributed by atoms with Gasteiger partial charge in [0.1, 0.15) is 16.4 Å². The average molecular weight is 341 g/mol. The topological polar surface area (TPSA) is 113 Å². The molecular weight excluding hydrogens is 326 g/mol. The number of aryl methyl sites for hydroxylation is 1. The van der Waals surface area contributed by atoms with Crippen LogP contribution in [0.3, 0.4) is 0 Å². The van der Waals surface area contributed by atoms with Crippen LogP contribution in [0.15, 0.2) is 13.9 Å². The number of rotatable bonds is 4. The van der Waals surface area contributed by atoms with Crippen molar-refractivity contribution in [3.05, 3.63) is 31.4 Å². The summed E-state index contributed by atoms with van der Waals surface area (Å²) >= 11 is 2.57. The fourth-order valence-corrected chi connectivity index (χ4v) is 3.84. The van der Waals surface area contributed by atoms with Crippen molar-refractivity contribution in [2.45, 2.75) is 23.4 Å². The van der Waals surface area contributed by atoms with E-state index >= 15 is 0 Å². The summed E-state index contributed by atoms with van der Waals surface area (Å²) in [4.78, 5) is 36.5. The van der Waals surface area contributed by atoms with Crippen LogP contribution in [0.5, 0.6) is 0 Å². The summed E-state index contributed by atoms with van der Waals surface area (Å²) in [6.45, 7) is 3.47. The lowest BCUT2D eigenvalue weighted by atomic mass is 10.1. The third-order valence-corrected chi connectivity index (χ3v) is 5.13. The summed E-state index contributed by atoms with van der Waals surface area (Å²) in [5.41, 5.74) is 4.35. The van der Waals surface area contributed by atoms with E-state index in [2.05, 4.69) is 10.2 Å². The fourth-order valence-electron chi connectivity index (χ4n) is 1.83. The second kappa shape index (κ2) is 6.05. The van der Waals surface area contributed by atoms with Crippen molar-refractivity contribution in [1.29, 1.82) is 0 Å². The summed E-state index contributed by atoms with van der Waals surface area (Å²) in [7, 11) is 2.73. The molecule has 0 fully saturated rings. The van der Waals surface area contributed by atoms with Crippen molar-refractivity contribution in [2.24, 2.45) is 14.1 Å². The van der Waals surface area contributed by atoms with Gasteiger partial charge in [-0.25, -0.2) is 4.79 Å². The van der Waals surface area contributed by atoms with Crippen LogP contribution in [-0.4, -0.2) is 30.4 Å². The first-order chi connectivity index (χ1) is 10.2. The van der Waals surface area contributed by atoms with Crippen LogP contribution < -0.4 is 17.0 Å². The number of carbonyl (C=O) groups excluding carboxylic acids is 1. The van der Waals surface area contributed by atoms with Gasteiger partial charge >= 0.3 is 5.69 Å². The molecule has 2 rings (SSSR count). The third-order valence-electron chi connectivity index (χ3n) is 3.11. The molecule has 0 aliphatic rings. The van der Waals surface area contributed by atoms with Crippen molar-refractivity contribution >= 4 is 34.7 Å². The van der Waals surface area contributed by atoms with Gasteiger partial charge in [0.15, 0.2) is 10.1 Å². The summed E-state index contributed by atoms with van der Waals surface area (Å²) in [5.74, 6) is -0.564. The Kier molecular flexibility index (Phi) is 4.52. The maximum atomic E-state index is 12.5. The van der Waals surface area contributed by atoms with E-state index in [0.717, 1.165) is 14.1 Å². The number of Topliss-reactive ketones (excluding diaryl/α,β-unsaturated/α-hetero) is 1. The quantitative estimate of drug-likeness (QED) is 0.624. The first-order valence-corrected chi connectivity index (χ1v) is 8.00. The van der Waals surface area contributed by atoms with Gasteiger partial charge in [0.05, 0.1) is 5.25 Å². The largest absolute Gasteiger partial charge is 0.384 e. The molecule has 1 atom stereocenters. The van der Waals surface area contributed by atoms with Gasteiger partial charge in [-0.1, -0.05) is 23.1 Å². The van der Waals surface area contributed by atoms with Crippen molar-refractivity contribution < 1.29 is 4.79 Å². The van der Waals surface area contributed by atoms with Crippen LogP contribution in [0.2, 0.25) is 0 Å².